The van der Waals surface area contributed by atoms with E-state index in [-0.39, 0.29) is 16.7 Å². The second-order valence-corrected chi connectivity index (χ2v) is 8.67. The van der Waals surface area contributed by atoms with Crippen LogP contribution in [0.5, 0.6) is 0 Å². The summed E-state index contributed by atoms with van der Waals surface area (Å²) < 4.78 is 2.62. The molecular weight excluding hydrogens is 328 g/mol. The molecule has 0 radical (unpaired) electrons. The molecule has 0 aromatic carbocycles. The van der Waals surface area contributed by atoms with Crippen LogP contribution < -0.4 is 16.6 Å². The Kier molecular flexibility index (Phi) is 4.71. The van der Waals surface area contributed by atoms with Crippen LogP contribution in [0.2, 0.25) is 0 Å². The zero-order chi connectivity index (χ0) is 19.2. The van der Waals surface area contributed by atoms with Crippen molar-refractivity contribution in [2.75, 3.05) is 5.32 Å². The quantitative estimate of drug-likeness (QED) is 0.916. The Morgan fingerprint density at radius 2 is 1.92 bits per heavy atom. The first-order chi connectivity index (χ1) is 12.1. The highest BCUT2D eigenvalue weighted by Crippen LogP contribution is 2.40. The number of rotatable bonds is 3. The number of hydrogen-bond donors (Lipinski definition) is 1. The molecule has 142 valence electrons. The summed E-state index contributed by atoms with van der Waals surface area (Å²) in [7, 11) is 3.19. The second-order valence-electron chi connectivity index (χ2n) is 8.67. The van der Waals surface area contributed by atoms with E-state index in [1.54, 1.807) is 13.2 Å². The number of nitrogens with zero attached hydrogens (tertiary/aromatic N) is 3. The van der Waals surface area contributed by atoms with Crippen molar-refractivity contribution in [1.82, 2.24) is 14.1 Å². The zero-order valence-electron chi connectivity index (χ0n) is 16.7. The van der Waals surface area contributed by atoms with Crippen LogP contribution in [0.3, 0.4) is 0 Å². The van der Waals surface area contributed by atoms with Crippen LogP contribution in [-0.2, 0) is 20.5 Å². The summed E-state index contributed by atoms with van der Waals surface area (Å²) in [5, 5.41) is 4.19. The van der Waals surface area contributed by atoms with Gasteiger partial charge in [0.25, 0.3) is 5.56 Å². The largest absolute Gasteiger partial charge is 0.381 e. The first-order valence-electron chi connectivity index (χ1n) is 9.48. The number of nitrogens with one attached hydrogen (secondary N) is 1. The first kappa shape index (κ1) is 18.7. The van der Waals surface area contributed by atoms with Crippen LogP contribution in [0.25, 0.3) is 11.0 Å². The molecule has 1 aliphatic rings. The minimum Gasteiger partial charge on any atom is -0.381 e. The summed E-state index contributed by atoms with van der Waals surface area (Å²) >= 11 is 0. The predicted octanol–water partition coefficient (Wildman–Crippen LogP) is 2.82. The summed E-state index contributed by atoms with van der Waals surface area (Å²) in [6.45, 7) is 8.98. The lowest BCUT2D eigenvalue weighted by atomic mass is 9.70. The Labute approximate surface area is 154 Å². The van der Waals surface area contributed by atoms with Crippen LogP contribution in [-0.4, -0.2) is 20.2 Å². The number of aromatic nitrogens is 3. The van der Waals surface area contributed by atoms with Crippen LogP contribution in [0.1, 0.15) is 52.5 Å². The third kappa shape index (κ3) is 3.17. The van der Waals surface area contributed by atoms with E-state index < -0.39 is 0 Å². The average molecular weight is 358 g/mol. The highest BCUT2D eigenvalue weighted by Gasteiger charge is 2.32. The molecule has 2 aromatic rings. The molecule has 2 aromatic heterocycles. The van der Waals surface area contributed by atoms with Gasteiger partial charge in [0.1, 0.15) is 5.39 Å². The predicted molar refractivity (Wildman–Crippen MR) is 106 cm³/mol. The zero-order valence-corrected chi connectivity index (χ0v) is 16.7. The van der Waals surface area contributed by atoms with Crippen molar-refractivity contribution < 1.29 is 0 Å². The smallest absolute Gasteiger partial charge is 0.332 e. The van der Waals surface area contributed by atoms with Gasteiger partial charge in [-0.15, -0.1) is 0 Å². The molecule has 1 N–H and O–H groups in total. The fourth-order valence-corrected chi connectivity index (χ4v) is 4.66. The standard InChI is InChI=1S/C20H30N4O2/c1-7-13-11-21-17-15(18(25)24(6)19(26)23(17)5)16(13)22-14-8-12(2)9-20(3,4)10-14/h11-12,14H,7-10H2,1-6H3,(H,21,22). The summed E-state index contributed by atoms with van der Waals surface area (Å²) in [6.07, 6.45) is 5.95. The Bertz CT molecular complexity index is 955. The Morgan fingerprint density at radius 3 is 2.54 bits per heavy atom. The van der Waals surface area contributed by atoms with Gasteiger partial charge >= 0.3 is 5.69 Å². The fraction of sp³-hybridized carbons (Fsp3) is 0.650. The number of aryl methyl sites for hydroxylation is 2. The third-order valence-electron chi connectivity index (χ3n) is 5.66. The summed E-state index contributed by atoms with van der Waals surface area (Å²) in [5.74, 6) is 0.640. The molecule has 3 rings (SSSR count). The summed E-state index contributed by atoms with van der Waals surface area (Å²) in [5.41, 5.74) is 1.96. The lowest BCUT2D eigenvalue weighted by molar-refractivity contribution is 0.178. The molecular formula is C20H30N4O2. The van der Waals surface area contributed by atoms with Gasteiger partial charge in [-0.05, 0) is 42.6 Å². The molecule has 2 heterocycles. The lowest BCUT2D eigenvalue weighted by Gasteiger charge is -2.40. The van der Waals surface area contributed by atoms with E-state index in [1.165, 1.54) is 22.6 Å². The highest BCUT2D eigenvalue weighted by molar-refractivity contribution is 5.90. The normalized spacial score (nSPS) is 22.5. The SMILES string of the molecule is CCc1cnc2c(c1NC1CC(C)CC(C)(C)C1)c(=O)n(C)c(=O)n2C. The maximum Gasteiger partial charge on any atom is 0.332 e. The van der Waals surface area contributed by atoms with Crippen LogP contribution >= 0.6 is 0 Å². The molecule has 6 heteroatoms. The Hall–Kier alpha value is -2.11. The second kappa shape index (κ2) is 6.56. The Morgan fingerprint density at radius 1 is 1.23 bits per heavy atom. The van der Waals surface area contributed by atoms with Gasteiger partial charge in [0.2, 0.25) is 0 Å². The van der Waals surface area contributed by atoms with Crippen molar-refractivity contribution in [2.45, 2.75) is 59.4 Å². The van der Waals surface area contributed by atoms with Gasteiger partial charge in [-0.3, -0.25) is 13.9 Å². The highest BCUT2D eigenvalue weighted by atomic mass is 16.2. The van der Waals surface area contributed by atoms with Gasteiger partial charge in [-0.25, -0.2) is 9.78 Å². The minimum atomic E-state index is -0.349. The van der Waals surface area contributed by atoms with Gasteiger partial charge in [-0.1, -0.05) is 27.7 Å². The van der Waals surface area contributed by atoms with Crippen molar-refractivity contribution in [3.63, 3.8) is 0 Å². The van der Waals surface area contributed by atoms with E-state index in [4.69, 9.17) is 0 Å². The van der Waals surface area contributed by atoms with Crippen molar-refractivity contribution in [3.8, 4) is 0 Å². The van der Waals surface area contributed by atoms with Crippen LogP contribution in [0.15, 0.2) is 15.8 Å². The molecule has 2 atom stereocenters. The number of pyridine rings is 1. The number of hydrogen-bond acceptors (Lipinski definition) is 4. The molecule has 1 saturated carbocycles. The molecule has 26 heavy (non-hydrogen) atoms. The Balaban J connectivity index is 2.18. The van der Waals surface area contributed by atoms with E-state index in [0.717, 1.165) is 30.5 Å². The molecule has 0 aliphatic heterocycles. The molecule has 1 fully saturated rings. The molecule has 0 saturated heterocycles. The minimum absolute atomic E-state index is 0.280. The third-order valence-corrected chi connectivity index (χ3v) is 5.66. The molecule has 6 nitrogen and oxygen atoms in total. The van der Waals surface area contributed by atoms with Gasteiger partial charge in [0.05, 0.1) is 5.69 Å². The summed E-state index contributed by atoms with van der Waals surface area (Å²) in [6, 6.07) is 0.312. The van der Waals surface area contributed by atoms with E-state index in [2.05, 4.69) is 38.0 Å². The van der Waals surface area contributed by atoms with Gasteiger partial charge < -0.3 is 5.32 Å². The number of anilines is 1. The fourth-order valence-electron chi connectivity index (χ4n) is 4.66. The topological polar surface area (TPSA) is 68.9 Å². The van der Waals surface area contributed by atoms with Crippen molar-refractivity contribution in [3.05, 3.63) is 32.6 Å². The monoisotopic (exact) mass is 358 g/mol. The van der Waals surface area contributed by atoms with Gasteiger partial charge in [0, 0.05) is 26.3 Å². The molecule has 0 amide bonds. The average Bonchev–Trinajstić information content (AvgIpc) is 2.55. The molecule has 2 unspecified atom stereocenters. The molecule has 1 aliphatic carbocycles. The van der Waals surface area contributed by atoms with Crippen molar-refractivity contribution in [1.29, 1.82) is 0 Å². The van der Waals surface area contributed by atoms with Crippen LogP contribution in [0, 0.1) is 11.3 Å². The molecule has 0 bridgehead atoms. The van der Waals surface area contributed by atoms with E-state index >= 15 is 0 Å². The van der Waals surface area contributed by atoms with Gasteiger partial charge in [-0.2, -0.15) is 0 Å². The molecule has 0 spiro atoms. The van der Waals surface area contributed by atoms with Gasteiger partial charge in [0.15, 0.2) is 5.65 Å². The van der Waals surface area contributed by atoms with E-state index in [1.807, 2.05) is 0 Å². The first-order valence-corrected chi connectivity index (χ1v) is 9.48. The van der Waals surface area contributed by atoms with Crippen LogP contribution in [0.4, 0.5) is 5.69 Å². The van der Waals surface area contributed by atoms with E-state index in [9.17, 15) is 9.59 Å². The van der Waals surface area contributed by atoms with Crippen molar-refractivity contribution in [2.24, 2.45) is 25.4 Å². The maximum atomic E-state index is 12.9. The van der Waals surface area contributed by atoms with Crippen molar-refractivity contribution >= 4 is 16.7 Å². The maximum absolute atomic E-state index is 12.9. The van der Waals surface area contributed by atoms with E-state index in [0.29, 0.717) is 23.0 Å². The number of fused-ring (bicyclic) bond motifs is 1. The lowest BCUT2D eigenvalue weighted by Crippen LogP contribution is -2.39. The summed E-state index contributed by atoms with van der Waals surface area (Å²) in [4.78, 5) is 29.6.